The molecule has 3 amide bonds. The summed E-state index contributed by atoms with van der Waals surface area (Å²) in [7, 11) is 1.41. The summed E-state index contributed by atoms with van der Waals surface area (Å²) in [6, 6.07) is 35.6. The number of nitrogens with one attached hydrogen (secondary N) is 2. The molecule has 2 unspecified atom stereocenters. The van der Waals surface area contributed by atoms with Crippen LogP contribution in [0.5, 0.6) is 5.75 Å². The van der Waals surface area contributed by atoms with Crippen molar-refractivity contribution < 1.29 is 38.5 Å². The van der Waals surface area contributed by atoms with Gasteiger partial charge in [-0.15, -0.1) is 0 Å². The number of fused-ring (bicyclic) bond motifs is 6. The average molecular weight is 782 g/mol. The zero-order valence-corrected chi connectivity index (χ0v) is 32.9. The molecule has 2 aliphatic carbocycles. The standard InChI is InChI=1S/C47H47N3O8/c1-47(2,3)58-44(53)41(25-29-21-23-30(51)24-22-29)49-43(52)42(26-48-45(54)56-27-39-35-17-9-5-13-31(35)32-14-6-10-18-36(32)39)50(4)46(55)57-28-40-37-19-11-7-15-33(37)34-16-8-12-20-38(34)40/h5-24,39-42,51H,25-28H2,1-4H3,(H,48,54)(H,49,52). The van der Waals surface area contributed by atoms with Crippen LogP contribution in [0.15, 0.2) is 121 Å². The van der Waals surface area contributed by atoms with E-state index in [1.165, 1.54) is 19.2 Å². The molecular formula is C47H47N3O8. The average Bonchev–Trinajstić information content (AvgIpc) is 3.71. The van der Waals surface area contributed by atoms with Crippen molar-refractivity contribution in [3.63, 3.8) is 0 Å². The third kappa shape index (κ3) is 8.68. The Morgan fingerprint density at radius 1 is 0.672 bits per heavy atom. The zero-order chi connectivity index (χ0) is 41.0. The van der Waals surface area contributed by atoms with Crippen molar-refractivity contribution in [3.05, 3.63) is 149 Å². The monoisotopic (exact) mass is 781 g/mol. The molecule has 0 saturated carbocycles. The highest BCUT2D eigenvalue weighted by Crippen LogP contribution is 2.45. The Balaban J connectivity index is 1.08. The highest BCUT2D eigenvalue weighted by atomic mass is 16.6. The fourth-order valence-electron chi connectivity index (χ4n) is 7.76. The molecule has 298 valence electrons. The van der Waals surface area contributed by atoms with E-state index < -0.39 is 41.7 Å². The topological polar surface area (TPSA) is 144 Å². The molecule has 2 atom stereocenters. The van der Waals surface area contributed by atoms with Crippen LogP contribution in [0.4, 0.5) is 9.59 Å². The van der Waals surface area contributed by atoms with Crippen LogP contribution in [0.3, 0.4) is 0 Å². The van der Waals surface area contributed by atoms with Gasteiger partial charge in [-0.25, -0.2) is 14.4 Å². The van der Waals surface area contributed by atoms with Gasteiger partial charge in [0.2, 0.25) is 5.91 Å². The first-order chi connectivity index (χ1) is 27.9. The summed E-state index contributed by atoms with van der Waals surface area (Å²) in [5.74, 6) is -1.79. The molecule has 0 fully saturated rings. The van der Waals surface area contributed by atoms with E-state index in [2.05, 4.69) is 10.6 Å². The van der Waals surface area contributed by atoms with Gasteiger partial charge in [0.25, 0.3) is 0 Å². The lowest BCUT2D eigenvalue weighted by atomic mass is 9.98. The number of carbonyl (C=O) groups is 4. The van der Waals surface area contributed by atoms with Gasteiger partial charge in [0, 0.05) is 25.3 Å². The minimum Gasteiger partial charge on any atom is -0.508 e. The number of hydrogen-bond donors (Lipinski definition) is 3. The van der Waals surface area contributed by atoms with Gasteiger partial charge in [0.15, 0.2) is 0 Å². The summed E-state index contributed by atoms with van der Waals surface area (Å²) in [5.41, 5.74) is 8.24. The molecule has 0 aromatic heterocycles. The van der Waals surface area contributed by atoms with E-state index >= 15 is 0 Å². The Morgan fingerprint density at radius 3 is 1.59 bits per heavy atom. The van der Waals surface area contributed by atoms with Crippen LogP contribution in [0.2, 0.25) is 0 Å². The minimum atomic E-state index is -1.33. The van der Waals surface area contributed by atoms with Gasteiger partial charge in [-0.3, -0.25) is 9.69 Å². The Bertz CT molecular complexity index is 2230. The van der Waals surface area contributed by atoms with Crippen molar-refractivity contribution in [2.45, 2.75) is 56.7 Å². The number of carbonyl (C=O) groups excluding carboxylic acids is 4. The smallest absolute Gasteiger partial charge is 0.410 e. The summed E-state index contributed by atoms with van der Waals surface area (Å²) >= 11 is 0. The molecule has 5 aromatic carbocycles. The number of nitrogens with zero attached hydrogens (tertiary/aromatic N) is 1. The number of alkyl carbamates (subject to hydrolysis) is 1. The number of hydrogen-bond acceptors (Lipinski definition) is 8. The summed E-state index contributed by atoms with van der Waals surface area (Å²) < 4.78 is 17.3. The Kier molecular flexibility index (Phi) is 11.5. The molecular weight excluding hydrogens is 735 g/mol. The van der Waals surface area contributed by atoms with Gasteiger partial charge in [0.05, 0.1) is 6.54 Å². The number of rotatable bonds is 12. The molecule has 0 radical (unpaired) electrons. The van der Waals surface area contributed by atoms with E-state index in [4.69, 9.17) is 14.2 Å². The van der Waals surface area contributed by atoms with Gasteiger partial charge >= 0.3 is 18.2 Å². The van der Waals surface area contributed by atoms with Gasteiger partial charge in [-0.2, -0.15) is 0 Å². The molecule has 0 saturated heterocycles. The summed E-state index contributed by atoms with van der Waals surface area (Å²) in [6.45, 7) is 4.85. The SMILES string of the molecule is CN(C(=O)OCC1c2ccccc2-c2ccccc21)C(CNC(=O)OCC1c2ccccc2-c2ccccc21)C(=O)NC(Cc1ccc(O)cc1)C(=O)OC(C)(C)C. The molecule has 11 heteroatoms. The quantitative estimate of drug-likeness (QED) is 0.0871. The number of ether oxygens (including phenoxy) is 3. The third-order valence-corrected chi connectivity index (χ3v) is 10.6. The van der Waals surface area contributed by atoms with Gasteiger partial charge in [0.1, 0.15) is 36.6 Å². The minimum absolute atomic E-state index is 0.00668. The first kappa shape index (κ1) is 39.6. The highest BCUT2D eigenvalue weighted by molar-refractivity contribution is 5.90. The predicted molar refractivity (Wildman–Crippen MR) is 219 cm³/mol. The molecule has 11 nitrogen and oxygen atoms in total. The third-order valence-electron chi connectivity index (χ3n) is 10.6. The fourth-order valence-corrected chi connectivity index (χ4v) is 7.76. The molecule has 0 heterocycles. The Labute approximate surface area is 337 Å². The number of phenols is 1. The van der Waals surface area contributed by atoms with Crippen LogP contribution in [0.1, 0.15) is 60.4 Å². The highest BCUT2D eigenvalue weighted by Gasteiger charge is 2.36. The molecule has 0 spiro atoms. The Morgan fingerprint density at radius 2 is 1.12 bits per heavy atom. The molecule has 0 aliphatic heterocycles. The molecule has 7 rings (SSSR count). The van der Waals surface area contributed by atoms with Crippen molar-refractivity contribution in [1.82, 2.24) is 15.5 Å². The van der Waals surface area contributed by atoms with Crippen molar-refractivity contribution >= 4 is 24.1 Å². The summed E-state index contributed by atoms with van der Waals surface area (Å²) in [4.78, 5) is 56.1. The maximum absolute atomic E-state index is 14.3. The second-order valence-electron chi connectivity index (χ2n) is 15.6. The lowest BCUT2D eigenvalue weighted by Crippen LogP contribution is -2.57. The van der Waals surface area contributed by atoms with Crippen LogP contribution >= 0.6 is 0 Å². The van der Waals surface area contributed by atoms with Crippen LogP contribution < -0.4 is 10.6 Å². The summed E-state index contributed by atoms with van der Waals surface area (Å²) in [6.07, 6.45) is -1.56. The number of aromatic hydroxyl groups is 1. The number of likely N-dealkylation sites (N-methyl/N-ethyl adjacent to an activating group) is 1. The molecule has 58 heavy (non-hydrogen) atoms. The van der Waals surface area contributed by atoms with Gasteiger partial charge < -0.3 is 30.0 Å². The van der Waals surface area contributed by atoms with Crippen molar-refractivity contribution in [2.75, 3.05) is 26.8 Å². The number of benzene rings is 5. The van der Waals surface area contributed by atoms with Crippen molar-refractivity contribution in [2.24, 2.45) is 0 Å². The molecule has 5 aromatic rings. The lowest BCUT2D eigenvalue weighted by molar-refractivity contribution is -0.158. The predicted octanol–water partition coefficient (Wildman–Crippen LogP) is 7.55. The maximum Gasteiger partial charge on any atom is 0.410 e. The van der Waals surface area contributed by atoms with E-state index in [0.717, 1.165) is 49.4 Å². The number of amides is 3. The van der Waals surface area contributed by atoms with E-state index in [9.17, 15) is 24.3 Å². The first-order valence-corrected chi connectivity index (χ1v) is 19.4. The number of phenolic OH excluding ortho intramolecular Hbond substituents is 1. The zero-order valence-electron chi connectivity index (χ0n) is 32.9. The first-order valence-electron chi connectivity index (χ1n) is 19.4. The van der Waals surface area contributed by atoms with Gasteiger partial charge in [-0.1, -0.05) is 109 Å². The van der Waals surface area contributed by atoms with Crippen molar-refractivity contribution in [3.8, 4) is 28.0 Å². The number of esters is 1. The summed E-state index contributed by atoms with van der Waals surface area (Å²) in [5, 5.41) is 15.3. The van der Waals surface area contributed by atoms with Crippen LogP contribution in [0, 0.1) is 0 Å². The van der Waals surface area contributed by atoms with Crippen LogP contribution in [-0.4, -0.2) is 78.6 Å². The second kappa shape index (κ2) is 16.9. The van der Waals surface area contributed by atoms with Crippen LogP contribution in [-0.2, 0) is 30.2 Å². The molecule has 3 N–H and O–H groups in total. The van der Waals surface area contributed by atoms with Crippen LogP contribution in [0.25, 0.3) is 22.3 Å². The Hall–Kier alpha value is -6.62. The lowest BCUT2D eigenvalue weighted by Gasteiger charge is -2.30. The second-order valence-corrected chi connectivity index (χ2v) is 15.6. The van der Waals surface area contributed by atoms with E-state index in [0.29, 0.717) is 5.56 Å². The van der Waals surface area contributed by atoms with Crippen molar-refractivity contribution in [1.29, 1.82) is 0 Å². The maximum atomic E-state index is 14.3. The van der Waals surface area contributed by atoms with E-state index in [1.807, 2.05) is 97.1 Å². The van der Waals surface area contributed by atoms with E-state index in [1.54, 1.807) is 32.9 Å². The normalized spacial score (nSPS) is 13.9. The fraction of sp³-hybridized carbons (Fsp3) is 0.277. The molecule has 2 aliphatic rings. The molecule has 0 bridgehead atoms. The van der Waals surface area contributed by atoms with E-state index in [-0.39, 0.29) is 43.8 Å². The largest absolute Gasteiger partial charge is 0.508 e. The van der Waals surface area contributed by atoms with Gasteiger partial charge in [-0.05, 0) is 83.0 Å².